The molecule has 0 aliphatic carbocycles. The van der Waals surface area contributed by atoms with Crippen molar-refractivity contribution in [1.29, 1.82) is 0 Å². The number of nitrogens with zero attached hydrogens (tertiary/aromatic N) is 1. The van der Waals surface area contributed by atoms with E-state index in [0.29, 0.717) is 6.61 Å². The molecule has 0 bridgehead atoms. The fourth-order valence-electron chi connectivity index (χ4n) is 1.53. The van der Waals surface area contributed by atoms with Crippen molar-refractivity contribution in [1.82, 2.24) is 0 Å². The molecule has 1 aromatic rings. The van der Waals surface area contributed by atoms with E-state index < -0.39 is 22.1 Å². The second kappa shape index (κ2) is 7.59. The molecular formula is C12H15NO6S. The van der Waals surface area contributed by atoms with E-state index >= 15 is 0 Å². The van der Waals surface area contributed by atoms with Crippen LogP contribution in [0.1, 0.15) is 16.8 Å². The van der Waals surface area contributed by atoms with Crippen LogP contribution >= 0.6 is 11.8 Å². The topological polar surface area (TPSA) is 98.9 Å². The number of hydrogen-bond acceptors (Lipinski definition) is 6. The number of carboxylic acids is 1. The molecule has 0 spiro atoms. The first-order valence-corrected chi connectivity index (χ1v) is 7.12. The molecule has 110 valence electrons. The molecule has 0 saturated heterocycles. The smallest absolute Gasteiger partial charge is 0.342 e. The standard InChI is InChI=1S/C12H15NO6S/c1-18-10-6-8(12(14)15)9(13(16)17)7-11(10)19-4-3-5-20-2/h6-7H,3-5H2,1-2H3,(H,14,15). The summed E-state index contributed by atoms with van der Waals surface area (Å²) in [6.07, 6.45) is 2.74. The van der Waals surface area contributed by atoms with Gasteiger partial charge in [-0.15, -0.1) is 0 Å². The van der Waals surface area contributed by atoms with Gasteiger partial charge in [-0.2, -0.15) is 11.8 Å². The molecule has 1 aromatic carbocycles. The summed E-state index contributed by atoms with van der Waals surface area (Å²) in [6, 6.07) is 2.19. The number of rotatable bonds is 8. The molecule has 8 heteroatoms. The highest BCUT2D eigenvalue weighted by molar-refractivity contribution is 7.98. The third-order valence-electron chi connectivity index (χ3n) is 2.46. The van der Waals surface area contributed by atoms with E-state index in [2.05, 4.69) is 0 Å². The zero-order chi connectivity index (χ0) is 15.1. The molecular weight excluding hydrogens is 286 g/mol. The molecule has 0 aromatic heterocycles. The lowest BCUT2D eigenvalue weighted by Crippen LogP contribution is -2.06. The Morgan fingerprint density at radius 2 is 2.15 bits per heavy atom. The first-order valence-electron chi connectivity index (χ1n) is 5.72. The van der Waals surface area contributed by atoms with Gasteiger partial charge >= 0.3 is 5.97 Å². The van der Waals surface area contributed by atoms with Crippen molar-refractivity contribution in [3.05, 3.63) is 27.8 Å². The van der Waals surface area contributed by atoms with Gasteiger partial charge in [0.15, 0.2) is 11.5 Å². The fraction of sp³-hybridized carbons (Fsp3) is 0.417. The van der Waals surface area contributed by atoms with Crippen molar-refractivity contribution >= 4 is 23.4 Å². The molecule has 0 aliphatic heterocycles. The predicted octanol–water partition coefficient (Wildman–Crippen LogP) is 2.43. The predicted molar refractivity (Wildman–Crippen MR) is 75.1 cm³/mol. The minimum absolute atomic E-state index is 0.164. The van der Waals surface area contributed by atoms with Gasteiger partial charge in [-0.1, -0.05) is 0 Å². The number of nitro benzene ring substituents is 1. The lowest BCUT2D eigenvalue weighted by Gasteiger charge is -2.11. The summed E-state index contributed by atoms with van der Waals surface area (Å²) in [5, 5.41) is 19.9. The molecule has 7 nitrogen and oxygen atoms in total. The number of thioether (sulfide) groups is 1. The molecule has 0 radical (unpaired) electrons. The Bertz CT molecular complexity index is 505. The van der Waals surface area contributed by atoms with Crippen molar-refractivity contribution in [3.63, 3.8) is 0 Å². The van der Waals surface area contributed by atoms with E-state index in [1.165, 1.54) is 7.11 Å². The Morgan fingerprint density at radius 1 is 1.45 bits per heavy atom. The summed E-state index contributed by atoms with van der Waals surface area (Å²) < 4.78 is 10.4. The Hall–Kier alpha value is -1.96. The number of ether oxygens (including phenoxy) is 2. The van der Waals surface area contributed by atoms with Crippen molar-refractivity contribution in [2.24, 2.45) is 0 Å². The molecule has 0 aliphatic rings. The van der Waals surface area contributed by atoms with Crippen molar-refractivity contribution in [3.8, 4) is 11.5 Å². The third-order valence-corrected chi connectivity index (χ3v) is 3.16. The van der Waals surface area contributed by atoms with Gasteiger partial charge in [0.25, 0.3) is 5.69 Å². The summed E-state index contributed by atoms with van der Waals surface area (Å²) in [6.45, 7) is 0.376. The van der Waals surface area contributed by atoms with Crippen LogP contribution in [0, 0.1) is 10.1 Å². The largest absolute Gasteiger partial charge is 0.493 e. The highest BCUT2D eigenvalue weighted by atomic mass is 32.2. The Kier molecular flexibility index (Phi) is 6.10. The number of carboxylic acid groups (broad SMARTS) is 1. The van der Waals surface area contributed by atoms with E-state index in [4.69, 9.17) is 14.6 Å². The van der Waals surface area contributed by atoms with Crippen LogP contribution in [0.3, 0.4) is 0 Å². The van der Waals surface area contributed by atoms with E-state index in [0.717, 1.165) is 24.3 Å². The Labute approximate surface area is 120 Å². The number of nitro groups is 1. The van der Waals surface area contributed by atoms with Crippen LogP contribution < -0.4 is 9.47 Å². The van der Waals surface area contributed by atoms with Gasteiger partial charge in [0.2, 0.25) is 0 Å². The monoisotopic (exact) mass is 301 g/mol. The number of methoxy groups -OCH3 is 1. The molecule has 0 unspecified atom stereocenters. The Balaban J connectivity index is 3.07. The quantitative estimate of drug-likeness (QED) is 0.447. The van der Waals surface area contributed by atoms with Gasteiger partial charge in [-0.3, -0.25) is 10.1 Å². The number of carbonyl (C=O) groups is 1. The minimum atomic E-state index is -1.39. The van der Waals surface area contributed by atoms with Gasteiger partial charge < -0.3 is 14.6 Å². The zero-order valence-electron chi connectivity index (χ0n) is 11.1. The van der Waals surface area contributed by atoms with Gasteiger partial charge in [-0.25, -0.2) is 4.79 Å². The Morgan fingerprint density at radius 3 is 2.65 bits per heavy atom. The molecule has 0 heterocycles. The summed E-state index contributed by atoms with van der Waals surface area (Å²) in [4.78, 5) is 21.1. The molecule has 0 fully saturated rings. The lowest BCUT2D eigenvalue weighted by atomic mass is 10.1. The van der Waals surface area contributed by atoms with E-state index in [1.807, 2.05) is 6.26 Å². The second-order valence-electron chi connectivity index (χ2n) is 3.78. The molecule has 1 rings (SSSR count). The maximum atomic E-state index is 11.0. The van der Waals surface area contributed by atoms with Crippen LogP contribution in [0.4, 0.5) is 5.69 Å². The first kappa shape index (κ1) is 16.1. The second-order valence-corrected chi connectivity index (χ2v) is 4.76. The molecule has 1 N–H and O–H groups in total. The summed E-state index contributed by atoms with van der Waals surface area (Å²) in [5.41, 5.74) is -0.943. The minimum Gasteiger partial charge on any atom is -0.493 e. The van der Waals surface area contributed by atoms with Crippen molar-refractivity contribution < 1.29 is 24.3 Å². The van der Waals surface area contributed by atoms with Gasteiger partial charge in [0.05, 0.1) is 24.7 Å². The molecule has 0 atom stereocenters. The van der Waals surface area contributed by atoms with E-state index in [-0.39, 0.29) is 11.5 Å². The third kappa shape index (κ3) is 4.02. The zero-order valence-corrected chi connectivity index (χ0v) is 11.9. The SMILES string of the molecule is COc1cc(C(=O)O)c([N+](=O)[O-])cc1OCCCSC. The van der Waals surface area contributed by atoms with Crippen LogP contribution in [0.25, 0.3) is 0 Å². The highest BCUT2D eigenvalue weighted by Gasteiger charge is 2.24. The van der Waals surface area contributed by atoms with Crippen LogP contribution in [0.2, 0.25) is 0 Å². The highest BCUT2D eigenvalue weighted by Crippen LogP contribution is 2.34. The van der Waals surface area contributed by atoms with Gasteiger partial charge in [0, 0.05) is 6.07 Å². The van der Waals surface area contributed by atoms with Crippen LogP contribution in [-0.4, -0.2) is 41.7 Å². The molecule has 20 heavy (non-hydrogen) atoms. The van der Waals surface area contributed by atoms with E-state index in [9.17, 15) is 14.9 Å². The summed E-state index contributed by atoms with van der Waals surface area (Å²) >= 11 is 1.66. The first-order chi connectivity index (χ1) is 9.51. The lowest BCUT2D eigenvalue weighted by molar-refractivity contribution is -0.385. The van der Waals surface area contributed by atoms with Crippen molar-refractivity contribution in [2.45, 2.75) is 6.42 Å². The summed E-state index contributed by atoms with van der Waals surface area (Å²) in [5.74, 6) is -0.149. The maximum Gasteiger partial charge on any atom is 0.342 e. The summed E-state index contributed by atoms with van der Waals surface area (Å²) in [7, 11) is 1.35. The maximum absolute atomic E-state index is 11.0. The number of benzene rings is 1. The van der Waals surface area contributed by atoms with Crippen molar-refractivity contribution in [2.75, 3.05) is 25.7 Å². The number of hydrogen-bond donors (Lipinski definition) is 1. The fourth-order valence-corrected chi connectivity index (χ4v) is 1.94. The van der Waals surface area contributed by atoms with Crippen LogP contribution in [0.5, 0.6) is 11.5 Å². The molecule has 0 saturated carbocycles. The van der Waals surface area contributed by atoms with Gasteiger partial charge in [0.1, 0.15) is 5.56 Å². The van der Waals surface area contributed by atoms with Crippen LogP contribution in [-0.2, 0) is 0 Å². The molecule has 0 amide bonds. The van der Waals surface area contributed by atoms with Gasteiger partial charge in [-0.05, 0) is 18.4 Å². The van der Waals surface area contributed by atoms with E-state index in [1.54, 1.807) is 11.8 Å². The van der Waals surface area contributed by atoms with Crippen LogP contribution in [0.15, 0.2) is 12.1 Å². The average Bonchev–Trinajstić information content (AvgIpc) is 2.42. The normalized spacial score (nSPS) is 10.1. The average molecular weight is 301 g/mol. The number of aromatic carboxylic acids is 1.